The van der Waals surface area contributed by atoms with Gasteiger partial charge < -0.3 is 0 Å². The van der Waals surface area contributed by atoms with Gasteiger partial charge in [-0.3, -0.25) is 4.99 Å². The van der Waals surface area contributed by atoms with Crippen LogP contribution in [-0.4, -0.2) is 24.1 Å². The van der Waals surface area contributed by atoms with Gasteiger partial charge in [-0.2, -0.15) is 0 Å². The summed E-state index contributed by atoms with van der Waals surface area (Å²) in [6.07, 6.45) is 2.19. The van der Waals surface area contributed by atoms with Gasteiger partial charge in [-0.1, -0.05) is 126 Å². The third kappa shape index (κ3) is 8.20. The normalized spacial score (nSPS) is 13.9. The molecule has 0 saturated heterocycles. The van der Waals surface area contributed by atoms with E-state index in [1.807, 2.05) is 0 Å². The van der Waals surface area contributed by atoms with E-state index in [0.717, 1.165) is 36.2 Å². The van der Waals surface area contributed by atoms with Crippen LogP contribution < -0.4 is 10.6 Å². The van der Waals surface area contributed by atoms with Gasteiger partial charge in [-0.05, 0) is 52.6 Å². The summed E-state index contributed by atoms with van der Waals surface area (Å²) in [4.78, 5) is 10.9. The molecule has 0 bridgehead atoms. The predicted molar refractivity (Wildman–Crippen MR) is 205 cm³/mol. The summed E-state index contributed by atoms with van der Waals surface area (Å²) in [5.41, 5.74) is 8.20. The van der Waals surface area contributed by atoms with Crippen LogP contribution in [0.4, 0.5) is 5.69 Å². The number of aliphatic imine (C=N–C) groups is 2. The molecule has 0 atom stereocenters. The van der Waals surface area contributed by atoms with E-state index in [4.69, 9.17) is 30.2 Å². The average molecular weight is 711 g/mol. The van der Waals surface area contributed by atoms with Crippen molar-refractivity contribution < 1.29 is 13.1 Å². The third-order valence-electron chi connectivity index (χ3n) is 8.30. The van der Waals surface area contributed by atoms with Crippen molar-refractivity contribution in [3.8, 4) is 0 Å². The average Bonchev–Trinajstić information content (AvgIpc) is 3.35. The van der Waals surface area contributed by atoms with Gasteiger partial charge in [-0.15, -0.1) is 0 Å². The van der Waals surface area contributed by atoms with E-state index in [1.54, 1.807) is 0 Å². The molecule has 5 aromatic rings. The molecule has 6 heteroatoms. The molecule has 6 rings (SSSR count). The zero-order valence-electron chi connectivity index (χ0n) is 26.2. The van der Waals surface area contributed by atoms with Crippen LogP contribution in [0.15, 0.2) is 125 Å². The molecule has 0 saturated carbocycles. The molecule has 5 aromatic carbocycles. The molecular weight excluding hydrogens is 666 g/mol. The molecular formula is C40H44Cl2FeN2P+. The summed E-state index contributed by atoms with van der Waals surface area (Å²) in [7, 11) is 8.65. The Bertz CT molecular complexity index is 1720. The maximum absolute atomic E-state index is 5.52. The number of rotatable bonds is 9. The number of para-hydroxylation sites is 1. The first kappa shape index (κ1) is 36.1. The number of halogens is 2. The monoisotopic (exact) mass is 709 g/mol. The van der Waals surface area contributed by atoms with E-state index in [1.165, 1.54) is 43.6 Å². The number of hydrogen-bond donors (Lipinski definition) is 0. The van der Waals surface area contributed by atoms with Crippen LogP contribution in [0.1, 0.15) is 75.6 Å². The van der Waals surface area contributed by atoms with Gasteiger partial charge in [0.1, 0.15) is 0 Å². The summed E-state index contributed by atoms with van der Waals surface area (Å²) >= 11 is 0.194. The molecule has 0 fully saturated rings. The van der Waals surface area contributed by atoms with Gasteiger partial charge >= 0.3 is 33.3 Å². The molecule has 0 aromatic heterocycles. The molecule has 0 amide bonds. The maximum atomic E-state index is 5.52. The van der Waals surface area contributed by atoms with Crippen molar-refractivity contribution in [1.82, 2.24) is 0 Å². The molecule has 1 aliphatic rings. The minimum atomic E-state index is -0.879. The molecule has 0 heterocycles. The second kappa shape index (κ2) is 17.4. The van der Waals surface area contributed by atoms with Crippen LogP contribution in [0.25, 0.3) is 10.8 Å². The second-order valence-corrected chi connectivity index (χ2v) is 16.3. The Morgan fingerprint density at radius 3 is 1.61 bits per heavy atom. The van der Waals surface area contributed by atoms with Crippen LogP contribution in [-0.2, 0) is 13.1 Å². The summed E-state index contributed by atoms with van der Waals surface area (Å²) in [5.74, 6) is 0.777. The first-order chi connectivity index (χ1) is 21.9. The van der Waals surface area contributed by atoms with E-state index < -0.39 is 7.92 Å². The van der Waals surface area contributed by atoms with Crippen LogP contribution in [0.5, 0.6) is 0 Å². The van der Waals surface area contributed by atoms with Gasteiger partial charge in [0, 0.05) is 29.5 Å². The Morgan fingerprint density at radius 2 is 1.11 bits per heavy atom. The first-order valence-electron chi connectivity index (χ1n) is 15.5. The number of hydrogen-bond acceptors (Lipinski definition) is 2. The van der Waals surface area contributed by atoms with Crippen molar-refractivity contribution in [1.29, 1.82) is 0 Å². The number of nitrogens with zero attached hydrogens (tertiary/aromatic N) is 2. The fourth-order valence-corrected chi connectivity index (χ4v) is 8.81. The molecule has 240 valence electrons. The molecule has 0 spiro atoms. The molecule has 1 aliphatic carbocycles. The SMILES string of the molecule is C.CC(C)c1cccc(C(C)C)c1N=C1C(=NCCC[PH+](c2ccccc2)c2ccccc2)c2cccc3cccc1c23.[Cl][Fe][Cl]. The standard InChI is InChI=1S/C39H39N2P.CH4.2ClH.Fe/c1-27(2)32-21-13-22-33(28(3)4)37(32)41-39-35-24-12-16-29-15-11-23-34(36(29)35)38(39)40-25-14-26-42(30-17-7-5-8-18-30)31-19-9-6-10-20-31;;;;/h5-13,15-24,27-28H,14,25-26H2,1-4H3;1H4;2*1H;/q;;;;+2/p-1. The van der Waals surface area contributed by atoms with Crippen molar-refractivity contribution in [3.05, 3.63) is 138 Å². The van der Waals surface area contributed by atoms with E-state index in [0.29, 0.717) is 11.8 Å². The van der Waals surface area contributed by atoms with Gasteiger partial charge in [0.25, 0.3) is 0 Å². The molecule has 0 radical (unpaired) electrons. The van der Waals surface area contributed by atoms with Gasteiger partial charge in [0.15, 0.2) is 0 Å². The fourth-order valence-electron chi connectivity index (χ4n) is 6.20. The third-order valence-corrected chi connectivity index (χ3v) is 11.2. The zero-order valence-corrected chi connectivity index (χ0v) is 29.9. The van der Waals surface area contributed by atoms with E-state index in [9.17, 15) is 0 Å². The van der Waals surface area contributed by atoms with E-state index in [-0.39, 0.29) is 20.6 Å². The molecule has 46 heavy (non-hydrogen) atoms. The van der Waals surface area contributed by atoms with Crippen LogP contribution in [0.2, 0.25) is 0 Å². The van der Waals surface area contributed by atoms with Crippen LogP contribution >= 0.6 is 28.1 Å². The van der Waals surface area contributed by atoms with Gasteiger partial charge in [-0.25, -0.2) is 4.99 Å². The van der Waals surface area contributed by atoms with E-state index in [2.05, 4.69) is 143 Å². The summed E-state index contributed by atoms with van der Waals surface area (Å²) < 4.78 is 0. The van der Waals surface area contributed by atoms with Crippen LogP contribution in [0.3, 0.4) is 0 Å². The summed E-state index contributed by atoms with van der Waals surface area (Å²) in [5, 5.41) is 5.47. The first-order valence-corrected chi connectivity index (χ1v) is 20.3. The van der Waals surface area contributed by atoms with Crippen molar-refractivity contribution in [2.45, 2.75) is 53.4 Å². The summed E-state index contributed by atoms with van der Waals surface area (Å²) in [6.45, 7) is 9.85. The van der Waals surface area contributed by atoms with Crippen molar-refractivity contribution in [2.24, 2.45) is 9.98 Å². The number of benzene rings is 5. The Hall–Kier alpha value is -2.77. The van der Waals surface area contributed by atoms with E-state index >= 15 is 0 Å². The Kier molecular flexibility index (Phi) is 13.6. The van der Waals surface area contributed by atoms with Crippen LogP contribution in [0, 0.1) is 0 Å². The van der Waals surface area contributed by atoms with Crippen molar-refractivity contribution in [2.75, 3.05) is 12.7 Å². The predicted octanol–water partition coefficient (Wildman–Crippen LogP) is 11.3. The molecule has 2 nitrogen and oxygen atoms in total. The Morgan fingerprint density at radius 1 is 0.630 bits per heavy atom. The molecule has 0 N–H and O–H groups in total. The van der Waals surface area contributed by atoms with Crippen molar-refractivity contribution >= 4 is 66.6 Å². The van der Waals surface area contributed by atoms with Gasteiger partial charge in [0.2, 0.25) is 0 Å². The van der Waals surface area contributed by atoms with Crippen molar-refractivity contribution in [3.63, 3.8) is 0 Å². The zero-order chi connectivity index (χ0) is 31.8. The minimum absolute atomic E-state index is 0. The topological polar surface area (TPSA) is 24.7 Å². The molecule has 0 unspecified atom stereocenters. The van der Waals surface area contributed by atoms with Gasteiger partial charge in [0.05, 0.1) is 41.8 Å². The quantitative estimate of drug-likeness (QED) is 0.0827. The second-order valence-electron chi connectivity index (χ2n) is 11.9. The Balaban J connectivity index is 0.00000116. The Labute approximate surface area is 291 Å². The molecule has 0 aliphatic heterocycles. The summed E-state index contributed by atoms with van der Waals surface area (Å²) in [6, 6.07) is 42.0. The fraction of sp³-hybridized carbons (Fsp3) is 0.250.